The zero-order valence-corrected chi connectivity index (χ0v) is 14.1. The van der Waals surface area contributed by atoms with E-state index < -0.39 is 0 Å². The third-order valence-electron chi connectivity index (χ3n) is 3.62. The minimum atomic E-state index is -0.190. The van der Waals surface area contributed by atoms with Gasteiger partial charge in [-0.2, -0.15) is 0 Å². The van der Waals surface area contributed by atoms with Crippen LogP contribution in [0.25, 0.3) is 17.3 Å². The number of pyridine rings is 2. The lowest BCUT2D eigenvalue weighted by Crippen LogP contribution is -2.20. The Hall–Kier alpha value is -2.98. The van der Waals surface area contributed by atoms with E-state index in [-0.39, 0.29) is 5.91 Å². The van der Waals surface area contributed by atoms with Gasteiger partial charge in [0.15, 0.2) is 0 Å². The van der Waals surface area contributed by atoms with E-state index >= 15 is 0 Å². The average molecular weight is 350 g/mol. The molecule has 0 fully saturated rings. The predicted molar refractivity (Wildman–Crippen MR) is 99.8 cm³/mol. The lowest BCUT2D eigenvalue weighted by Gasteiger charge is -2.09. The molecule has 0 aliphatic carbocycles. The van der Waals surface area contributed by atoms with E-state index in [9.17, 15) is 4.79 Å². The predicted octanol–water partition coefficient (Wildman–Crippen LogP) is 4.13. The maximum atomic E-state index is 12.1. The minimum absolute atomic E-state index is 0.190. The van der Waals surface area contributed by atoms with Crippen LogP contribution in [0.4, 0.5) is 0 Å². The molecule has 0 atom stereocenters. The highest BCUT2D eigenvalue weighted by molar-refractivity contribution is 6.32. The van der Waals surface area contributed by atoms with Crippen LogP contribution in [0.1, 0.15) is 11.1 Å². The second-order valence-corrected chi connectivity index (χ2v) is 5.73. The summed E-state index contributed by atoms with van der Waals surface area (Å²) >= 11 is 6.07. The van der Waals surface area contributed by atoms with Crippen LogP contribution in [-0.2, 0) is 11.3 Å². The maximum Gasteiger partial charge on any atom is 0.244 e. The van der Waals surface area contributed by atoms with Crippen LogP contribution in [0.15, 0.2) is 73.2 Å². The first-order chi connectivity index (χ1) is 12.2. The second kappa shape index (κ2) is 8.22. The summed E-state index contributed by atoms with van der Waals surface area (Å²) < 4.78 is 0. The summed E-state index contributed by atoms with van der Waals surface area (Å²) in [5.74, 6) is -0.190. The molecule has 1 N–H and O–H groups in total. The van der Waals surface area contributed by atoms with Crippen molar-refractivity contribution in [3.8, 4) is 11.3 Å². The lowest BCUT2D eigenvalue weighted by atomic mass is 10.1. The number of hydrogen-bond acceptors (Lipinski definition) is 3. The molecular formula is C20H16ClN3O. The zero-order valence-electron chi connectivity index (χ0n) is 13.4. The van der Waals surface area contributed by atoms with Gasteiger partial charge in [-0.15, -0.1) is 0 Å². The van der Waals surface area contributed by atoms with Gasteiger partial charge in [-0.1, -0.05) is 35.9 Å². The third kappa shape index (κ3) is 4.52. The lowest BCUT2D eigenvalue weighted by molar-refractivity contribution is -0.116. The van der Waals surface area contributed by atoms with Crippen molar-refractivity contribution in [2.24, 2.45) is 0 Å². The van der Waals surface area contributed by atoms with Crippen molar-refractivity contribution in [3.05, 3.63) is 89.3 Å². The normalized spacial score (nSPS) is 10.8. The van der Waals surface area contributed by atoms with Crippen LogP contribution in [0, 0.1) is 0 Å². The summed E-state index contributed by atoms with van der Waals surface area (Å²) in [5.41, 5.74) is 3.54. The van der Waals surface area contributed by atoms with Gasteiger partial charge in [0, 0.05) is 41.8 Å². The minimum Gasteiger partial charge on any atom is -0.348 e. The van der Waals surface area contributed by atoms with Crippen molar-refractivity contribution in [2.45, 2.75) is 6.54 Å². The van der Waals surface area contributed by atoms with Gasteiger partial charge in [0.05, 0.1) is 5.69 Å². The molecule has 2 aromatic heterocycles. The van der Waals surface area contributed by atoms with E-state index in [0.717, 1.165) is 22.4 Å². The smallest absolute Gasteiger partial charge is 0.244 e. The highest BCUT2D eigenvalue weighted by Gasteiger charge is 2.07. The summed E-state index contributed by atoms with van der Waals surface area (Å²) in [4.78, 5) is 20.5. The van der Waals surface area contributed by atoms with E-state index in [0.29, 0.717) is 11.6 Å². The monoisotopic (exact) mass is 349 g/mol. The molecule has 5 heteroatoms. The fraction of sp³-hybridized carbons (Fsp3) is 0.0500. The van der Waals surface area contributed by atoms with Crippen molar-refractivity contribution in [1.29, 1.82) is 0 Å². The molecule has 3 rings (SSSR count). The van der Waals surface area contributed by atoms with Gasteiger partial charge in [0.2, 0.25) is 5.91 Å². The molecule has 0 saturated carbocycles. The average Bonchev–Trinajstić information content (AvgIpc) is 2.66. The Bertz CT molecular complexity index is 894. The van der Waals surface area contributed by atoms with E-state index in [1.807, 2.05) is 42.5 Å². The van der Waals surface area contributed by atoms with Crippen LogP contribution in [0.3, 0.4) is 0 Å². The first kappa shape index (κ1) is 16.9. The van der Waals surface area contributed by atoms with Crippen molar-refractivity contribution >= 4 is 23.6 Å². The number of halogens is 1. The van der Waals surface area contributed by atoms with Crippen LogP contribution in [0.2, 0.25) is 5.02 Å². The first-order valence-corrected chi connectivity index (χ1v) is 8.16. The Morgan fingerprint density at radius 3 is 2.64 bits per heavy atom. The van der Waals surface area contributed by atoms with Crippen molar-refractivity contribution in [1.82, 2.24) is 15.3 Å². The Morgan fingerprint density at radius 1 is 1.04 bits per heavy atom. The quantitative estimate of drug-likeness (QED) is 0.705. The molecule has 1 aromatic carbocycles. The number of amides is 1. The largest absolute Gasteiger partial charge is 0.348 e. The summed E-state index contributed by atoms with van der Waals surface area (Å²) in [7, 11) is 0. The Balaban J connectivity index is 1.68. The van der Waals surface area contributed by atoms with Gasteiger partial charge in [-0.3, -0.25) is 14.8 Å². The highest BCUT2D eigenvalue weighted by Crippen LogP contribution is 2.20. The van der Waals surface area contributed by atoms with E-state index in [1.54, 1.807) is 30.7 Å². The fourth-order valence-corrected chi connectivity index (χ4v) is 2.57. The van der Waals surface area contributed by atoms with Gasteiger partial charge in [0.25, 0.3) is 0 Å². The molecule has 3 aromatic rings. The number of carbonyl (C=O) groups excluding carboxylic acids is 1. The first-order valence-electron chi connectivity index (χ1n) is 7.79. The number of hydrogen-bond donors (Lipinski definition) is 1. The van der Waals surface area contributed by atoms with Gasteiger partial charge < -0.3 is 5.32 Å². The molecule has 124 valence electrons. The summed E-state index contributed by atoms with van der Waals surface area (Å²) in [6.07, 6.45) is 8.35. The Labute approximate surface area is 151 Å². The number of nitrogens with one attached hydrogen (secondary N) is 1. The molecule has 0 spiro atoms. The fourth-order valence-electron chi connectivity index (χ4n) is 2.37. The van der Waals surface area contributed by atoms with Crippen molar-refractivity contribution in [2.75, 3.05) is 0 Å². The summed E-state index contributed by atoms with van der Waals surface area (Å²) in [6, 6.07) is 15.0. The molecule has 0 aliphatic heterocycles. The van der Waals surface area contributed by atoms with Gasteiger partial charge >= 0.3 is 0 Å². The molecular weight excluding hydrogens is 334 g/mol. The molecule has 25 heavy (non-hydrogen) atoms. The summed E-state index contributed by atoms with van der Waals surface area (Å²) in [5, 5.41) is 3.48. The molecule has 0 aliphatic rings. The van der Waals surface area contributed by atoms with Crippen LogP contribution in [-0.4, -0.2) is 15.9 Å². The van der Waals surface area contributed by atoms with Gasteiger partial charge in [-0.25, -0.2) is 0 Å². The summed E-state index contributed by atoms with van der Waals surface area (Å²) in [6.45, 7) is 0.386. The van der Waals surface area contributed by atoms with E-state index in [1.165, 1.54) is 6.08 Å². The molecule has 1 amide bonds. The van der Waals surface area contributed by atoms with Crippen LogP contribution < -0.4 is 5.32 Å². The molecule has 0 bridgehead atoms. The number of nitrogens with zero attached hydrogens (tertiary/aromatic N) is 2. The second-order valence-electron chi connectivity index (χ2n) is 5.32. The van der Waals surface area contributed by atoms with Crippen LogP contribution in [0.5, 0.6) is 0 Å². The number of rotatable bonds is 5. The van der Waals surface area contributed by atoms with E-state index in [2.05, 4.69) is 15.3 Å². The maximum absolute atomic E-state index is 12.1. The number of benzene rings is 1. The molecule has 0 unspecified atom stereocenters. The zero-order chi connectivity index (χ0) is 17.5. The van der Waals surface area contributed by atoms with Crippen molar-refractivity contribution < 1.29 is 4.79 Å². The van der Waals surface area contributed by atoms with Gasteiger partial charge in [0.1, 0.15) is 0 Å². The third-order valence-corrected chi connectivity index (χ3v) is 3.96. The number of carbonyl (C=O) groups is 1. The topological polar surface area (TPSA) is 54.9 Å². The van der Waals surface area contributed by atoms with E-state index in [4.69, 9.17) is 11.6 Å². The van der Waals surface area contributed by atoms with Crippen molar-refractivity contribution in [3.63, 3.8) is 0 Å². The Kier molecular flexibility index (Phi) is 5.54. The molecule has 4 nitrogen and oxygen atoms in total. The molecule has 0 saturated heterocycles. The SMILES string of the molecule is O=C(C=Cc1ccccc1Cl)NCc1cccnc1-c1ccncc1. The van der Waals surface area contributed by atoms with Crippen LogP contribution >= 0.6 is 11.6 Å². The molecule has 2 heterocycles. The number of aromatic nitrogens is 2. The standard InChI is InChI=1S/C20H16ClN3O/c21-18-6-2-1-4-15(18)7-8-19(25)24-14-17-5-3-11-23-20(17)16-9-12-22-13-10-16/h1-13H,14H2,(H,24,25). The highest BCUT2D eigenvalue weighted by atomic mass is 35.5. The Morgan fingerprint density at radius 2 is 1.84 bits per heavy atom. The van der Waals surface area contributed by atoms with Gasteiger partial charge in [-0.05, 0) is 41.5 Å². The molecule has 0 radical (unpaired) electrons.